The van der Waals surface area contributed by atoms with Crippen molar-refractivity contribution in [1.82, 2.24) is 0 Å². The average molecular weight is 280 g/mol. The van der Waals surface area contributed by atoms with Gasteiger partial charge in [0.1, 0.15) is 0 Å². The Morgan fingerprint density at radius 2 is 1.50 bits per heavy atom. The Morgan fingerprint density at radius 1 is 1.10 bits per heavy atom. The van der Waals surface area contributed by atoms with Crippen LogP contribution in [0.4, 0.5) is 0 Å². The zero-order chi connectivity index (χ0) is 7.11. The molecular formula is C7H9LaOS. The van der Waals surface area contributed by atoms with Crippen LogP contribution < -0.4 is 0 Å². The second-order valence-corrected chi connectivity index (χ2v) is 1.49. The summed E-state index contributed by atoms with van der Waals surface area (Å²) in [6, 6.07) is 9.87. The summed E-state index contributed by atoms with van der Waals surface area (Å²) in [4.78, 5) is 0. The molecule has 1 nitrogen and oxygen atoms in total. The molecule has 2 radical (unpaired) electrons. The molecule has 0 aliphatic heterocycles. The Bertz CT molecular complexity index is 144. The van der Waals surface area contributed by atoms with E-state index in [-0.39, 0.29) is 35.6 Å². The van der Waals surface area contributed by atoms with Crippen LogP contribution in [-0.4, -0.2) is 4.55 Å². The van der Waals surface area contributed by atoms with E-state index in [1.165, 1.54) is 0 Å². The zero-order valence-corrected chi connectivity index (χ0v) is 10.1. The molecule has 1 N–H and O–H groups in total. The summed E-state index contributed by atoms with van der Waals surface area (Å²) in [6.45, 7) is 3.72. The number of rotatable bonds is 0. The first-order valence-electron chi connectivity index (χ1n) is 2.46. The van der Waals surface area contributed by atoms with Crippen molar-refractivity contribution < 1.29 is 40.2 Å². The fraction of sp³-hybridized carbons (Fsp3) is 0. The summed E-state index contributed by atoms with van der Waals surface area (Å²) in [5, 5.41) is 0. The van der Waals surface area contributed by atoms with Crippen LogP contribution in [0.15, 0.2) is 30.3 Å². The van der Waals surface area contributed by atoms with E-state index in [4.69, 9.17) is 4.55 Å². The molecule has 0 unspecified atom stereocenters. The molecule has 1 aromatic rings. The fourth-order valence-corrected chi connectivity index (χ4v) is 0.478. The molecule has 0 aliphatic rings. The molecule has 0 bridgehead atoms. The molecule has 10 heavy (non-hydrogen) atoms. The van der Waals surface area contributed by atoms with Crippen molar-refractivity contribution in [1.29, 1.82) is 0 Å². The molecule has 0 aromatic heterocycles. The summed E-state index contributed by atoms with van der Waals surface area (Å²) >= 11 is 2.53. The average Bonchev–Trinajstić information content (AvgIpc) is 1.94. The van der Waals surface area contributed by atoms with Gasteiger partial charge in [-0.15, -0.1) is 0 Å². The second-order valence-electron chi connectivity index (χ2n) is 1.49. The van der Waals surface area contributed by atoms with Crippen LogP contribution in [0.3, 0.4) is 0 Å². The molecule has 0 fully saturated rings. The van der Waals surface area contributed by atoms with Gasteiger partial charge in [0.15, 0.2) is 0 Å². The van der Waals surface area contributed by atoms with Gasteiger partial charge >= 0.3 is 0 Å². The van der Waals surface area contributed by atoms with E-state index in [1.54, 1.807) is 0 Å². The van der Waals surface area contributed by atoms with Crippen LogP contribution in [0.5, 0.6) is 0 Å². The van der Waals surface area contributed by atoms with Crippen LogP contribution in [0, 0.1) is 42.5 Å². The third kappa shape index (κ3) is 6.84. The third-order valence-corrected chi connectivity index (χ3v) is 0.843. The first-order chi connectivity index (χ1) is 4.39. The Balaban J connectivity index is 0. The van der Waals surface area contributed by atoms with Gasteiger partial charge in [-0.3, -0.25) is 0 Å². The van der Waals surface area contributed by atoms with Gasteiger partial charge in [0, 0.05) is 35.6 Å². The molecule has 0 heterocycles. The minimum absolute atomic E-state index is 0. The van der Waals surface area contributed by atoms with E-state index in [0.717, 1.165) is 5.56 Å². The van der Waals surface area contributed by atoms with Crippen molar-refractivity contribution in [3.63, 3.8) is 0 Å². The molecule has 0 saturated carbocycles. The first kappa shape index (κ1) is 13.3. The second kappa shape index (κ2) is 9.72. The predicted octanol–water partition coefficient (Wildman–Crippen LogP) is 2.26. The molecule has 1 rings (SSSR count). The molecular weight excluding hydrogens is 271 g/mol. The molecule has 0 aliphatic carbocycles. The SMILES string of the molecule is OS.[CH2]c1ccccc1.[La]. The van der Waals surface area contributed by atoms with Gasteiger partial charge in [0.05, 0.1) is 0 Å². The summed E-state index contributed by atoms with van der Waals surface area (Å²) in [6.07, 6.45) is 0. The molecule has 3 heteroatoms. The zero-order valence-electron chi connectivity index (χ0n) is 5.57. The van der Waals surface area contributed by atoms with E-state index in [1.807, 2.05) is 30.3 Å². The Morgan fingerprint density at radius 3 is 1.70 bits per heavy atom. The molecule has 0 atom stereocenters. The van der Waals surface area contributed by atoms with Crippen LogP contribution in [-0.2, 0) is 0 Å². The van der Waals surface area contributed by atoms with E-state index in [9.17, 15) is 0 Å². The Hall–Kier alpha value is 0.725. The van der Waals surface area contributed by atoms with Crippen LogP contribution >= 0.6 is 12.9 Å². The molecule has 1 aromatic carbocycles. The molecule has 0 saturated heterocycles. The standard InChI is InChI=1S/C7H7.La.H2OS/c1-7-5-3-2-4-6-7;;1-2/h2-6H,1H2;;1-2H. The maximum atomic E-state index is 6.69. The topological polar surface area (TPSA) is 20.2 Å². The van der Waals surface area contributed by atoms with Crippen LogP contribution in [0.25, 0.3) is 0 Å². The maximum Gasteiger partial charge on any atom is 0 e. The molecule has 52 valence electrons. The van der Waals surface area contributed by atoms with E-state index in [0.29, 0.717) is 0 Å². The predicted molar refractivity (Wildman–Crippen MR) is 42.5 cm³/mol. The Labute approximate surface area is 95.1 Å². The van der Waals surface area contributed by atoms with Crippen molar-refractivity contribution in [2.75, 3.05) is 0 Å². The van der Waals surface area contributed by atoms with Gasteiger partial charge in [-0.05, 0) is 25.4 Å². The van der Waals surface area contributed by atoms with Gasteiger partial charge in [-0.1, -0.05) is 30.3 Å². The molecule has 0 spiro atoms. The van der Waals surface area contributed by atoms with Crippen molar-refractivity contribution in [3.8, 4) is 0 Å². The van der Waals surface area contributed by atoms with E-state index in [2.05, 4.69) is 19.8 Å². The van der Waals surface area contributed by atoms with Crippen molar-refractivity contribution in [3.05, 3.63) is 42.8 Å². The van der Waals surface area contributed by atoms with Crippen LogP contribution in [0.2, 0.25) is 0 Å². The van der Waals surface area contributed by atoms with Gasteiger partial charge in [-0.2, -0.15) is 0 Å². The van der Waals surface area contributed by atoms with E-state index >= 15 is 0 Å². The number of thiol groups is 1. The summed E-state index contributed by atoms with van der Waals surface area (Å²) in [5.74, 6) is 0. The van der Waals surface area contributed by atoms with Gasteiger partial charge < -0.3 is 4.55 Å². The van der Waals surface area contributed by atoms with Crippen molar-refractivity contribution in [2.45, 2.75) is 0 Å². The van der Waals surface area contributed by atoms with Gasteiger partial charge in [0.25, 0.3) is 0 Å². The van der Waals surface area contributed by atoms with Crippen LogP contribution in [0.1, 0.15) is 5.56 Å². The third-order valence-electron chi connectivity index (χ3n) is 0.843. The van der Waals surface area contributed by atoms with Crippen molar-refractivity contribution in [2.24, 2.45) is 0 Å². The summed E-state index contributed by atoms with van der Waals surface area (Å²) in [7, 11) is 0. The number of benzene rings is 1. The number of hydrogen-bond donors (Lipinski definition) is 2. The first-order valence-corrected chi connectivity index (χ1v) is 2.86. The van der Waals surface area contributed by atoms with E-state index < -0.39 is 0 Å². The summed E-state index contributed by atoms with van der Waals surface area (Å²) in [5.41, 5.74) is 1.07. The van der Waals surface area contributed by atoms with Gasteiger partial charge in [-0.25, -0.2) is 0 Å². The summed E-state index contributed by atoms with van der Waals surface area (Å²) < 4.78 is 6.69. The smallest absolute Gasteiger partial charge is 0 e. The largest absolute Gasteiger partial charge is 0.333 e. The normalized spacial score (nSPS) is 6.70. The quantitative estimate of drug-likeness (QED) is 0.552. The van der Waals surface area contributed by atoms with Gasteiger partial charge in [0.2, 0.25) is 0 Å². The van der Waals surface area contributed by atoms with Crippen molar-refractivity contribution >= 4 is 12.9 Å². The number of hydrogen-bond acceptors (Lipinski definition) is 2. The fourth-order valence-electron chi connectivity index (χ4n) is 0.478. The maximum absolute atomic E-state index is 6.69. The molecule has 0 amide bonds. The Kier molecular flexibility index (Phi) is 13.0. The monoisotopic (exact) mass is 280 g/mol. The minimum atomic E-state index is 0. The minimum Gasteiger partial charge on any atom is -0.333 e.